The molecule has 1 heterocycles. The molecule has 0 saturated carbocycles. The molecule has 3 rings (SSSR count). The van der Waals surface area contributed by atoms with Gasteiger partial charge in [0.1, 0.15) is 0 Å². The maximum atomic E-state index is 12.9. The van der Waals surface area contributed by atoms with Crippen molar-refractivity contribution in [1.82, 2.24) is 10.3 Å². The summed E-state index contributed by atoms with van der Waals surface area (Å²) in [5, 5.41) is 3.12. The van der Waals surface area contributed by atoms with Gasteiger partial charge in [-0.05, 0) is 41.0 Å². The molecule has 6 nitrogen and oxygen atoms in total. The highest BCUT2D eigenvalue weighted by Crippen LogP contribution is 2.38. The maximum absolute atomic E-state index is 12.9. The summed E-state index contributed by atoms with van der Waals surface area (Å²) in [4.78, 5) is 17.0. The van der Waals surface area contributed by atoms with E-state index in [0.29, 0.717) is 17.2 Å². The van der Waals surface area contributed by atoms with Crippen LogP contribution < -0.4 is 19.5 Å². The third-order valence-electron chi connectivity index (χ3n) is 4.57. The molecule has 1 aromatic heterocycles. The van der Waals surface area contributed by atoms with Crippen LogP contribution in [0.4, 0.5) is 0 Å². The number of methoxy groups -OCH3 is 3. The molecule has 1 atom stereocenters. The molecule has 0 aliphatic carbocycles. The highest BCUT2D eigenvalue weighted by Gasteiger charge is 2.19. The summed E-state index contributed by atoms with van der Waals surface area (Å²) in [5.41, 5.74) is 2.72. The molecule has 0 bridgehead atoms. The van der Waals surface area contributed by atoms with Crippen molar-refractivity contribution in [3.63, 3.8) is 0 Å². The molecule has 6 heteroatoms. The zero-order valence-electron chi connectivity index (χ0n) is 16.7. The van der Waals surface area contributed by atoms with E-state index in [9.17, 15) is 4.79 Å². The monoisotopic (exact) mass is 392 g/mol. The summed E-state index contributed by atoms with van der Waals surface area (Å²) in [7, 11) is 4.65. The van der Waals surface area contributed by atoms with Gasteiger partial charge in [-0.25, -0.2) is 0 Å². The molecule has 0 saturated heterocycles. The molecule has 1 N–H and O–H groups in total. The van der Waals surface area contributed by atoms with Gasteiger partial charge in [-0.15, -0.1) is 0 Å². The molecule has 0 aliphatic rings. The lowest BCUT2D eigenvalue weighted by Crippen LogP contribution is -2.30. The Morgan fingerprint density at radius 3 is 2.03 bits per heavy atom. The van der Waals surface area contributed by atoms with Gasteiger partial charge < -0.3 is 19.5 Å². The number of nitrogens with zero attached hydrogens (tertiary/aromatic N) is 1. The van der Waals surface area contributed by atoms with Crippen LogP contribution in [-0.4, -0.2) is 32.2 Å². The Balaban J connectivity index is 1.84. The first-order chi connectivity index (χ1) is 14.2. The van der Waals surface area contributed by atoms with Crippen LogP contribution in [-0.2, 0) is 11.2 Å². The summed E-state index contributed by atoms with van der Waals surface area (Å²) in [6.45, 7) is 0. The fourth-order valence-corrected chi connectivity index (χ4v) is 3.20. The fraction of sp³-hybridized carbons (Fsp3) is 0.217. The van der Waals surface area contributed by atoms with Gasteiger partial charge in [-0.1, -0.05) is 30.3 Å². The van der Waals surface area contributed by atoms with Gasteiger partial charge >= 0.3 is 0 Å². The first-order valence-electron chi connectivity index (χ1n) is 9.19. The van der Waals surface area contributed by atoms with Crippen LogP contribution in [0, 0.1) is 0 Å². The Morgan fingerprint density at radius 2 is 1.48 bits per heavy atom. The Morgan fingerprint density at radius 1 is 0.897 bits per heavy atom. The molecule has 0 fully saturated rings. The van der Waals surface area contributed by atoms with E-state index >= 15 is 0 Å². The minimum Gasteiger partial charge on any atom is -0.493 e. The largest absolute Gasteiger partial charge is 0.493 e. The van der Waals surface area contributed by atoms with Gasteiger partial charge in [-0.2, -0.15) is 0 Å². The average molecular weight is 392 g/mol. The number of hydrogen-bond acceptors (Lipinski definition) is 5. The van der Waals surface area contributed by atoms with Gasteiger partial charge in [0.15, 0.2) is 11.5 Å². The second-order valence-electron chi connectivity index (χ2n) is 6.40. The molecule has 3 aromatic rings. The molecule has 0 aliphatic heterocycles. The lowest BCUT2D eigenvalue weighted by molar-refractivity contribution is -0.120. The van der Waals surface area contributed by atoms with Crippen molar-refractivity contribution in [1.29, 1.82) is 0 Å². The third kappa shape index (κ3) is 4.85. The number of benzene rings is 2. The summed E-state index contributed by atoms with van der Waals surface area (Å²) in [5.74, 6) is 1.41. The van der Waals surface area contributed by atoms with E-state index in [-0.39, 0.29) is 18.4 Å². The quantitative estimate of drug-likeness (QED) is 0.635. The number of aromatic nitrogens is 1. The minimum atomic E-state index is -0.270. The van der Waals surface area contributed by atoms with E-state index in [0.717, 1.165) is 16.7 Å². The van der Waals surface area contributed by atoms with E-state index in [2.05, 4.69) is 10.3 Å². The molecule has 0 spiro atoms. The highest BCUT2D eigenvalue weighted by molar-refractivity contribution is 5.80. The Kier molecular flexibility index (Phi) is 6.68. The van der Waals surface area contributed by atoms with Crippen LogP contribution in [0.3, 0.4) is 0 Å². The lowest BCUT2D eigenvalue weighted by atomic mass is 9.99. The zero-order chi connectivity index (χ0) is 20.6. The van der Waals surface area contributed by atoms with E-state index in [1.807, 2.05) is 42.5 Å². The standard InChI is InChI=1S/C23H24N2O4/c1-27-19-13-16(14-20(28-2)23(19)29-3)15-21(26)25-22(17-7-5-4-6-8-17)18-9-11-24-12-10-18/h4-14,22H,15H2,1-3H3,(H,25,26)/t22-/m0/s1. The maximum Gasteiger partial charge on any atom is 0.225 e. The number of nitrogens with one attached hydrogen (secondary N) is 1. The topological polar surface area (TPSA) is 69.7 Å². The smallest absolute Gasteiger partial charge is 0.225 e. The van der Waals surface area contributed by atoms with E-state index < -0.39 is 0 Å². The number of carbonyl (C=O) groups excluding carboxylic acids is 1. The summed E-state index contributed by atoms with van der Waals surface area (Å²) >= 11 is 0. The van der Waals surface area contributed by atoms with Crippen LogP contribution in [0.5, 0.6) is 17.2 Å². The summed E-state index contributed by atoms with van der Waals surface area (Å²) in [6.07, 6.45) is 3.61. The molecule has 0 unspecified atom stereocenters. The number of hydrogen-bond donors (Lipinski definition) is 1. The fourth-order valence-electron chi connectivity index (χ4n) is 3.20. The van der Waals surface area contributed by atoms with E-state index in [4.69, 9.17) is 14.2 Å². The lowest BCUT2D eigenvalue weighted by Gasteiger charge is -2.20. The first kappa shape index (κ1) is 20.2. The average Bonchev–Trinajstić information content (AvgIpc) is 2.77. The second kappa shape index (κ2) is 9.59. The number of carbonyl (C=O) groups is 1. The van der Waals surface area contributed by atoms with Crippen LogP contribution >= 0.6 is 0 Å². The molecule has 2 aromatic carbocycles. The van der Waals surface area contributed by atoms with Gasteiger partial charge in [0.25, 0.3) is 0 Å². The first-order valence-corrected chi connectivity index (χ1v) is 9.19. The predicted molar refractivity (Wildman–Crippen MR) is 110 cm³/mol. The molecular weight excluding hydrogens is 368 g/mol. The van der Waals surface area contributed by atoms with Gasteiger partial charge in [-0.3, -0.25) is 9.78 Å². The van der Waals surface area contributed by atoms with Crippen molar-refractivity contribution in [2.45, 2.75) is 12.5 Å². The van der Waals surface area contributed by atoms with Gasteiger partial charge in [0.2, 0.25) is 11.7 Å². The van der Waals surface area contributed by atoms with Gasteiger partial charge in [0.05, 0.1) is 33.8 Å². The minimum absolute atomic E-state index is 0.120. The Labute approximate surface area is 170 Å². The normalized spacial score (nSPS) is 11.4. The number of pyridine rings is 1. The number of amides is 1. The highest BCUT2D eigenvalue weighted by atomic mass is 16.5. The van der Waals surface area contributed by atoms with Crippen molar-refractivity contribution < 1.29 is 19.0 Å². The summed E-state index contributed by atoms with van der Waals surface area (Å²) in [6, 6.07) is 16.9. The number of ether oxygens (including phenoxy) is 3. The molecule has 0 radical (unpaired) electrons. The van der Waals surface area contributed by atoms with Crippen molar-refractivity contribution >= 4 is 5.91 Å². The van der Waals surface area contributed by atoms with Crippen molar-refractivity contribution in [2.24, 2.45) is 0 Å². The number of rotatable bonds is 8. The van der Waals surface area contributed by atoms with Crippen molar-refractivity contribution in [3.05, 3.63) is 83.7 Å². The summed E-state index contributed by atoms with van der Waals surface area (Å²) < 4.78 is 16.1. The SMILES string of the molecule is COc1cc(CC(=O)N[C@@H](c2ccccc2)c2ccncc2)cc(OC)c1OC. The van der Waals surface area contributed by atoms with Crippen LogP contribution in [0.15, 0.2) is 67.0 Å². The van der Waals surface area contributed by atoms with Crippen LogP contribution in [0.25, 0.3) is 0 Å². The van der Waals surface area contributed by atoms with Crippen molar-refractivity contribution in [3.8, 4) is 17.2 Å². The molecule has 150 valence electrons. The van der Waals surface area contributed by atoms with Crippen LogP contribution in [0.2, 0.25) is 0 Å². The molecule has 29 heavy (non-hydrogen) atoms. The Hall–Kier alpha value is -3.54. The third-order valence-corrected chi connectivity index (χ3v) is 4.57. The van der Waals surface area contributed by atoms with Gasteiger partial charge in [0, 0.05) is 12.4 Å². The van der Waals surface area contributed by atoms with Crippen molar-refractivity contribution in [2.75, 3.05) is 21.3 Å². The molecule has 1 amide bonds. The van der Waals surface area contributed by atoms with E-state index in [1.165, 1.54) is 0 Å². The van der Waals surface area contributed by atoms with E-state index in [1.54, 1.807) is 45.9 Å². The second-order valence-corrected chi connectivity index (χ2v) is 6.40. The van der Waals surface area contributed by atoms with Crippen LogP contribution in [0.1, 0.15) is 22.7 Å². The predicted octanol–water partition coefficient (Wildman–Crippen LogP) is 3.56. The zero-order valence-corrected chi connectivity index (χ0v) is 16.7. The molecular formula is C23H24N2O4. The Bertz CT molecular complexity index is 881.